The largest absolute Gasteiger partial charge is 0.494 e. The Morgan fingerprint density at radius 3 is 2.55 bits per heavy atom. The van der Waals surface area contributed by atoms with Crippen LogP contribution in [0.4, 0.5) is 5.69 Å². The second-order valence-corrected chi connectivity index (χ2v) is 10.7. The Hall–Kier alpha value is -2.85. The van der Waals surface area contributed by atoms with Crippen molar-refractivity contribution in [2.45, 2.75) is 38.0 Å². The number of carbonyl (C=O) groups is 1. The van der Waals surface area contributed by atoms with Crippen molar-refractivity contribution in [3.05, 3.63) is 47.1 Å². The third-order valence-electron chi connectivity index (χ3n) is 5.56. The number of sulfonamides is 1. The van der Waals surface area contributed by atoms with Gasteiger partial charge in [-0.3, -0.25) is 9.52 Å². The Labute approximate surface area is 198 Å². The van der Waals surface area contributed by atoms with Crippen molar-refractivity contribution >= 4 is 33.0 Å². The van der Waals surface area contributed by atoms with Crippen molar-refractivity contribution in [2.75, 3.05) is 24.4 Å². The van der Waals surface area contributed by atoms with Gasteiger partial charge in [-0.15, -0.1) is 11.3 Å². The van der Waals surface area contributed by atoms with Gasteiger partial charge in [-0.25, -0.2) is 13.4 Å². The molecule has 0 saturated carbocycles. The minimum absolute atomic E-state index is 0.00942. The third-order valence-corrected chi connectivity index (χ3v) is 8.08. The summed E-state index contributed by atoms with van der Waals surface area (Å²) in [7, 11) is -2.02. The van der Waals surface area contributed by atoms with Crippen LogP contribution in [0.3, 0.4) is 0 Å². The third kappa shape index (κ3) is 5.06. The number of hydrogen-bond donors (Lipinski definition) is 1. The first-order valence-electron chi connectivity index (χ1n) is 11.0. The molecule has 0 atom stereocenters. The number of amides is 1. The van der Waals surface area contributed by atoms with Crippen LogP contribution in [0.1, 0.15) is 41.6 Å². The van der Waals surface area contributed by atoms with Crippen LogP contribution in [0.25, 0.3) is 10.7 Å². The zero-order valence-electron chi connectivity index (χ0n) is 19.0. The van der Waals surface area contributed by atoms with E-state index in [0.717, 1.165) is 32.4 Å². The number of carbonyl (C=O) groups excluding carboxylic acids is 1. The highest BCUT2D eigenvalue weighted by Crippen LogP contribution is 2.32. The van der Waals surface area contributed by atoms with E-state index in [-0.39, 0.29) is 10.8 Å². The minimum Gasteiger partial charge on any atom is -0.494 e. The molecule has 1 aliphatic rings. The van der Waals surface area contributed by atoms with Crippen LogP contribution >= 0.6 is 11.3 Å². The quantitative estimate of drug-likeness (QED) is 0.536. The lowest BCUT2D eigenvalue weighted by Gasteiger charge is -2.26. The van der Waals surface area contributed by atoms with Gasteiger partial charge in [0, 0.05) is 32.0 Å². The van der Waals surface area contributed by atoms with E-state index in [2.05, 4.69) is 9.71 Å². The second-order valence-electron chi connectivity index (χ2n) is 8.02. The van der Waals surface area contributed by atoms with Crippen LogP contribution in [0, 0.1) is 6.92 Å². The molecule has 0 radical (unpaired) electrons. The molecule has 1 amide bonds. The first-order chi connectivity index (χ1) is 15.8. The number of aromatic nitrogens is 2. The van der Waals surface area contributed by atoms with E-state index in [1.165, 1.54) is 11.3 Å². The summed E-state index contributed by atoms with van der Waals surface area (Å²) in [5, 5.41) is 0.623. The Morgan fingerprint density at radius 1 is 1.18 bits per heavy atom. The molecule has 1 N–H and O–H groups in total. The van der Waals surface area contributed by atoms with Gasteiger partial charge in [0.05, 0.1) is 18.0 Å². The Balaban J connectivity index is 1.56. The molecule has 1 saturated heterocycles. The van der Waals surface area contributed by atoms with Crippen LogP contribution in [0.15, 0.2) is 41.4 Å². The van der Waals surface area contributed by atoms with Crippen molar-refractivity contribution in [1.29, 1.82) is 0 Å². The molecule has 8 nitrogen and oxygen atoms in total. The Bertz CT molecular complexity index is 1240. The Morgan fingerprint density at radius 2 is 1.88 bits per heavy atom. The number of ether oxygens (including phenoxy) is 1. The number of likely N-dealkylation sites (tertiary alicyclic amines) is 1. The number of thiazole rings is 1. The molecular formula is C23H28N4O4S2. The summed E-state index contributed by atoms with van der Waals surface area (Å²) in [5.74, 6) is 0.687. The molecule has 1 aliphatic heterocycles. The summed E-state index contributed by atoms with van der Waals surface area (Å²) >= 11 is 1.31. The fraction of sp³-hybridized carbons (Fsp3) is 0.391. The summed E-state index contributed by atoms with van der Waals surface area (Å²) in [5.41, 5.74) is 1.76. The summed E-state index contributed by atoms with van der Waals surface area (Å²) in [6.07, 6.45) is 4.75. The molecule has 3 heterocycles. The van der Waals surface area contributed by atoms with Crippen LogP contribution in [0.2, 0.25) is 0 Å². The maximum Gasteiger partial charge on any atom is 0.265 e. The smallest absolute Gasteiger partial charge is 0.265 e. The van der Waals surface area contributed by atoms with Gasteiger partial charge in [0.2, 0.25) is 0 Å². The average Bonchev–Trinajstić information content (AvgIpc) is 3.38. The maximum atomic E-state index is 13.0. The van der Waals surface area contributed by atoms with Gasteiger partial charge in [0.15, 0.2) is 0 Å². The zero-order chi connectivity index (χ0) is 23.6. The lowest BCUT2D eigenvalue weighted by Crippen LogP contribution is -2.35. The van der Waals surface area contributed by atoms with Crippen molar-refractivity contribution in [2.24, 2.45) is 7.05 Å². The van der Waals surface area contributed by atoms with Gasteiger partial charge in [0.1, 0.15) is 20.5 Å². The number of nitrogens with zero attached hydrogens (tertiary/aromatic N) is 3. The van der Waals surface area contributed by atoms with Gasteiger partial charge in [-0.05, 0) is 63.4 Å². The summed E-state index contributed by atoms with van der Waals surface area (Å²) in [4.78, 5) is 20.2. The molecule has 4 rings (SSSR count). The number of benzene rings is 1. The van der Waals surface area contributed by atoms with E-state index in [4.69, 9.17) is 4.74 Å². The number of aryl methyl sites for hydroxylation is 2. The van der Waals surface area contributed by atoms with Crippen LogP contribution < -0.4 is 9.46 Å². The highest BCUT2D eigenvalue weighted by atomic mass is 32.2. The average molecular weight is 489 g/mol. The van der Waals surface area contributed by atoms with E-state index < -0.39 is 10.0 Å². The van der Waals surface area contributed by atoms with Gasteiger partial charge in [-0.1, -0.05) is 0 Å². The molecule has 10 heteroatoms. The van der Waals surface area contributed by atoms with E-state index in [0.29, 0.717) is 39.3 Å². The molecular weight excluding hydrogens is 460 g/mol. The lowest BCUT2D eigenvalue weighted by atomic mass is 10.1. The van der Waals surface area contributed by atoms with Gasteiger partial charge in [0.25, 0.3) is 15.9 Å². The van der Waals surface area contributed by atoms with Crippen LogP contribution in [-0.2, 0) is 17.1 Å². The maximum absolute atomic E-state index is 13.0. The first kappa shape index (κ1) is 23.3. The number of rotatable bonds is 7. The Kier molecular flexibility index (Phi) is 6.76. The van der Waals surface area contributed by atoms with Gasteiger partial charge in [-0.2, -0.15) is 0 Å². The van der Waals surface area contributed by atoms with E-state index in [1.54, 1.807) is 48.1 Å². The number of hydrogen-bond acceptors (Lipinski definition) is 6. The standard InChI is InChI=1S/C23H28N4O4S2/c1-4-31-18-10-8-17(9-11-18)25-33(29,30)19-14-20(26(3)15-19)22-24-16(2)21(32-22)23(28)27-12-6-5-7-13-27/h8-11,14-15,25H,4-7,12-13H2,1-3H3. The minimum atomic E-state index is -3.79. The van der Waals surface area contributed by atoms with Crippen molar-refractivity contribution < 1.29 is 17.9 Å². The van der Waals surface area contributed by atoms with Crippen molar-refractivity contribution in [3.8, 4) is 16.5 Å². The first-order valence-corrected chi connectivity index (χ1v) is 13.3. The number of piperidine rings is 1. The fourth-order valence-corrected chi connectivity index (χ4v) is 6.06. The number of anilines is 1. The summed E-state index contributed by atoms with van der Waals surface area (Å²) in [6.45, 7) is 5.80. The van der Waals surface area contributed by atoms with Crippen molar-refractivity contribution in [1.82, 2.24) is 14.5 Å². The van der Waals surface area contributed by atoms with Crippen LogP contribution in [-0.4, -0.2) is 48.5 Å². The molecule has 33 heavy (non-hydrogen) atoms. The number of nitrogens with one attached hydrogen (secondary N) is 1. The van der Waals surface area contributed by atoms with E-state index in [9.17, 15) is 13.2 Å². The molecule has 0 aliphatic carbocycles. The van der Waals surface area contributed by atoms with Crippen molar-refractivity contribution in [3.63, 3.8) is 0 Å². The molecule has 3 aromatic rings. The molecule has 2 aromatic heterocycles. The summed E-state index contributed by atoms with van der Waals surface area (Å²) in [6, 6.07) is 8.35. The second kappa shape index (κ2) is 9.56. The highest BCUT2D eigenvalue weighted by Gasteiger charge is 2.25. The van der Waals surface area contributed by atoms with E-state index >= 15 is 0 Å². The predicted octanol–water partition coefficient (Wildman–Crippen LogP) is 4.28. The SMILES string of the molecule is CCOc1ccc(NS(=O)(=O)c2cc(-c3nc(C)c(C(=O)N4CCCCC4)s3)n(C)c2)cc1. The molecule has 0 unspecified atom stereocenters. The fourth-order valence-electron chi connectivity index (χ4n) is 3.84. The predicted molar refractivity (Wildman–Crippen MR) is 129 cm³/mol. The van der Waals surface area contributed by atoms with E-state index in [1.807, 2.05) is 18.7 Å². The molecule has 176 valence electrons. The molecule has 0 spiro atoms. The van der Waals surface area contributed by atoms with Gasteiger partial charge >= 0.3 is 0 Å². The van der Waals surface area contributed by atoms with Crippen LogP contribution in [0.5, 0.6) is 5.75 Å². The van der Waals surface area contributed by atoms with Gasteiger partial charge < -0.3 is 14.2 Å². The highest BCUT2D eigenvalue weighted by molar-refractivity contribution is 7.92. The normalized spacial score (nSPS) is 14.3. The summed E-state index contributed by atoms with van der Waals surface area (Å²) < 4.78 is 35.6. The lowest BCUT2D eigenvalue weighted by molar-refractivity contribution is 0.0728. The zero-order valence-corrected chi connectivity index (χ0v) is 20.6. The molecule has 1 fully saturated rings. The topological polar surface area (TPSA) is 93.5 Å². The monoisotopic (exact) mass is 488 g/mol. The molecule has 0 bridgehead atoms. The molecule has 1 aromatic carbocycles.